The molecule has 0 unspecified atom stereocenters. The standard InChI is InChI=1S/C18H35N5O2S/c1-18(2)15-23(10-13-26-18)17(20-14-16(24)21(3)4)19-6-5-7-22-8-11-25-12-9-22/h5-15H2,1-4H3,(H,19,20). The predicted octanol–water partition coefficient (Wildman–Crippen LogP) is 0.570. The fourth-order valence-electron chi connectivity index (χ4n) is 3.08. The molecule has 2 fully saturated rings. The van der Waals surface area contributed by atoms with E-state index in [0.717, 1.165) is 70.6 Å². The summed E-state index contributed by atoms with van der Waals surface area (Å²) < 4.78 is 5.60. The second-order valence-corrected chi connectivity index (χ2v) is 9.49. The van der Waals surface area contributed by atoms with Crippen molar-refractivity contribution in [3.8, 4) is 0 Å². The summed E-state index contributed by atoms with van der Waals surface area (Å²) in [6, 6.07) is 0. The molecule has 2 saturated heterocycles. The summed E-state index contributed by atoms with van der Waals surface area (Å²) >= 11 is 2.00. The van der Waals surface area contributed by atoms with Crippen molar-refractivity contribution < 1.29 is 9.53 Å². The van der Waals surface area contributed by atoms with Crippen LogP contribution >= 0.6 is 11.8 Å². The number of carbonyl (C=O) groups excluding carboxylic acids is 1. The van der Waals surface area contributed by atoms with Gasteiger partial charge in [-0.2, -0.15) is 11.8 Å². The number of carbonyl (C=O) groups is 1. The number of thioether (sulfide) groups is 1. The Kier molecular flexibility index (Phi) is 8.50. The van der Waals surface area contributed by atoms with Gasteiger partial charge in [-0.25, -0.2) is 4.99 Å². The number of nitrogens with zero attached hydrogens (tertiary/aromatic N) is 4. The second-order valence-electron chi connectivity index (χ2n) is 7.69. The first-order chi connectivity index (χ1) is 12.4. The average molecular weight is 386 g/mol. The molecule has 0 aromatic carbocycles. The maximum absolute atomic E-state index is 11.9. The van der Waals surface area contributed by atoms with E-state index in [1.54, 1.807) is 19.0 Å². The van der Waals surface area contributed by atoms with Gasteiger partial charge in [0.25, 0.3) is 0 Å². The van der Waals surface area contributed by atoms with E-state index in [4.69, 9.17) is 4.74 Å². The Morgan fingerprint density at radius 2 is 2.00 bits per heavy atom. The van der Waals surface area contributed by atoms with Crippen molar-refractivity contribution >= 4 is 23.6 Å². The lowest BCUT2D eigenvalue weighted by Crippen LogP contribution is -2.51. The molecule has 150 valence electrons. The van der Waals surface area contributed by atoms with Crippen molar-refractivity contribution in [2.75, 3.05) is 78.9 Å². The largest absolute Gasteiger partial charge is 0.379 e. The quantitative estimate of drug-likeness (QED) is 0.410. The van der Waals surface area contributed by atoms with Crippen molar-refractivity contribution in [3.05, 3.63) is 0 Å². The summed E-state index contributed by atoms with van der Waals surface area (Å²) in [6.07, 6.45) is 1.06. The zero-order chi connectivity index (χ0) is 19.0. The Labute approximate surface area is 162 Å². The Morgan fingerprint density at radius 1 is 1.27 bits per heavy atom. The molecule has 2 aliphatic heterocycles. The van der Waals surface area contributed by atoms with Crippen molar-refractivity contribution in [2.45, 2.75) is 25.0 Å². The molecule has 2 aliphatic rings. The number of likely N-dealkylation sites (N-methyl/N-ethyl adjacent to an activating group) is 1. The molecule has 7 nitrogen and oxygen atoms in total. The van der Waals surface area contributed by atoms with Crippen LogP contribution < -0.4 is 5.32 Å². The van der Waals surface area contributed by atoms with Crippen LogP contribution in [0.25, 0.3) is 0 Å². The molecule has 0 bridgehead atoms. The minimum Gasteiger partial charge on any atom is -0.379 e. The number of aliphatic imine (C=N–C) groups is 1. The van der Waals surface area contributed by atoms with E-state index in [-0.39, 0.29) is 17.2 Å². The van der Waals surface area contributed by atoms with Gasteiger partial charge in [-0.3, -0.25) is 9.69 Å². The first kappa shape index (κ1) is 21.3. The highest BCUT2D eigenvalue weighted by molar-refractivity contribution is 8.00. The van der Waals surface area contributed by atoms with Gasteiger partial charge in [-0.15, -0.1) is 0 Å². The molecule has 0 spiro atoms. The van der Waals surface area contributed by atoms with Gasteiger partial charge < -0.3 is 19.9 Å². The van der Waals surface area contributed by atoms with E-state index in [9.17, 15) is 4.79 Å². The van der Waals surface area contributed by atoms with E-state index in [1.165, 1.54) is 0 Å². The van der Waals surface area contributed by atoms with Gasteiger partial charge >= 0.3 is 0 Å². The lowest BCUT2D eigenvalue weighted by Gasteiger charge is -2.39. The third kappa shape index (κ3) is 7.32. The number of guanidine groups is 1. The Balaban J connectivity index is 1.87. The molecule has 0 saturated carbocycles. The van der Waals surface area contributed by atoms with Crippen LogP contribution in [-0.2, 0) is 9.53 Å². The second kappa shape index (κ2) is 10.4. The van der Waals surface area contributed by atoms with Crippen molar-refractivity contribution in [1.82, 2.24) is 20.0 Å². The lowest BCUT2D eigenvalue weighted by atomic mass is 10.2. The number of hydrogen-bond acceptors (Lipinski definition) is 5. The van der Waals surface area contributed by atoms with Crippen LogP contribution in [0.5, 0.6) is 0 Å². The van der Waals surface area contributed by atoms with Gasteiger partial charge in [0, 0.05) is 57.3 Å². The fraction of sp³-hybridized carbons (Fsp3) is 0.889. The smallest absolute Gasteiger partial charge is 0.243 e. The van der Waals surface area contributed by atoms with E-state index >= 15 is 0 Å². The normalized spacial score (nSPS) is 21.5. The number of hydrogen-bond donors (Lipinski definition) is 1. The van der Waals surface area contributed by atoms with Crippen molar-refractivity contribution in [1.29, 1.82) is 0 Å². The van der Waals surface area contributed by atoms with Gasteiger partial charge in [-0.05, 0) is 26.8 Å². The molecule has 0 aromatic heterocycles. The van der Waals surface area contributed by atoms with Gasteiger partial charge in [0.05, 0.1) is 13.2 Å². The number of amides is 1. The molecule has 0 radical (unpaired) electrons. The molecular formula is C18H35N5O2S. The van der Waals surface area contributed by atoms with Crippen LogP contribution in [-0.4, -0.2) is 110 Å². The summed E-state index contributed by atoms with van der Waals surface area (Å²) in [5, 5.41) is 3.50. The molecule has 0 atom stereocenters. The summed E-state index contributed by atoms with van der Waals surface area (Å²) in [4.78, 5) is 22.9. The third-order valence-corrected chi connectivity index (χ3v) is 5.92. The van der Waals surface area contributed by atoms with Crippen LogP contribution in [0.4, 0.5) is 0 Å². The molecular weight excluding hydrogens is 350 g/mol. The van der Waals surface area contributed by atoms with Crippen molar-refractivity contribution in [3.63, 3.8) is 0 Å². The van der Waals surface area contributed by atoms with E-state index in [2.05, 4.69) is 34.0 Å². The minimum atomic E-state index is 0.0308. The first-order valence-electron chi connectivity index (χ1n) is 9.55. The maximum atomic E-state index is 11.9. The SMILES string of the molecule is CN(C)C(=O)CN=C(NCCCN1CCOCC1)N1CCSC(C)(C)C1. The molecule has 2 heterocycles. The van der Waals surface area contributed by atoms with Crippen LogP contribution in [0.1, 0.15) is 20.3 Å². The summed E-state index contributed by atoms with van der Waals surface area (Å²) in [7, 11) is 3.54. The predicted molar refractivity (Wildman–Crippen MR) is 109 cm³/mol. The third-order valence-electron chi connectivity index (χ3n) is 4.63. The molecule has 26 heavy (non-hydrogen) atoms. The number of rotatable bonds is 6. The number of morpholine rings is 1. The van der Waals surface area contributed by atoms with E-state index < -0.39 is 0 Å². The molecule has 8 heteroatoms. The first-order valence-corrected chi connectivity index (χ1v) is 10.5. The molecule has 0 aliphatic carbocycles. The molecule has 1 amide bonds. The van der Waals surface area contributed by atoms with E-state index in [1.807, 2.05) is 11.8 Å². The maximum Gasteiger partial charge on any atom is 0.243 e. The van der Waals surface area contributed by atoms with Crippen molar-refractivity contribution in [2.24, 2.45) is 4.99 Å². The Morgan fingerprint density at radius 3 is 2.65 bits per heavy atom. The summed E-state index contributed by atoms with van der Waals surface area (Å²) in [6.45, 7) is 12.3. The van der Waals surface area contributed by atoms with Gasteiger partial charge in [0.1, 0.15) is 6.54 Å². The topological polar surface area (TPSA) is 60.4 Å². The number of nitrogens with one attached hydrogen (secondary N) is 1. The van der Waals surface area contributed by atoms with Gasteiger partial charge in [-0.1, -0.05) is 0 Å². The highest BCUT2D eigenvalue weighted by atomic mass is 32.2. The molecule has 1 N–H and O–H groups in total. The Hall–Kier alpha value is -0.990. The monoisotopic (exact) mass is 385 g/mol. The van der Waals surface area contributed by atoms with Crippen LogP contribution in [0.2, 0.25) is 0 Å². The highest BCUT2D eigenvalue weighted by Gasteiger charge is 2.28. The highest BCUT2D eigenvalue weighted by Crippen LogP contribution is 2.29. The molecule has 2 rings (SSSR count). The van der Waals surface area contributed by atoms with Crippen LogP contribution in [0.15, 0.2) is 4.99 Å². The zero-order valence-corrected chi connectivity index (χ0v) is 17.6. The van der Waals surface area contributed by atoms with Gasteiger partial charge in [0.15, 0.2) is 5.96 Å². The summed E-state index contributed by atoms with van der Waals surface area (Å²) in [5.74, 6) is 1.99. The molecule has 0 aromatic rings. The number of ether oxygens (including phenoxy) is 1. The minimum absolute atomic E-state index is 0.0308. The van der Waals surface area contributed by atoms with Gasteiger partial charge in [0.2, 0.25) is 5.91 Å². The Bertz CT molecular complexity index is 478. The lowest BCUT2D eigenvalue weighted by molar-refractivity contribution is -0.127. The van der Waals surface area contributed by atoms with Crippen LogP contribution in [0, 0.1) is 0 Å². The average Bonchev–Trinajstić information content (AvgIpc) is 2.60. The fourth-order valence-corrected chi connectivity index (χ4v) is 4.19. The van der Waals surface area contributed by atoms with Crippen LogP contribution in [0.3, 0.4) is 0 Å². The zero-order valence-electron chi connectivity index (χ0n) is 16.8. The summed E-state index contributed by atoms with van der Waals surface area (Å²) in [5.41, 5.74) is 0. The van der Waals surface area contributed by atoms with E-state index in [0.29, 0.717) is 0 Å².